The molecule has 7 nitrogen and oxygen atoms in total. The van der Waals surface area contributed by atoms with Gasteiger partial charge in [0.2, 0.25) is 0 Å². The predicted molar refractivity (Wildman–Crippen MR) is 135 cm³/mol. The summed E-state index contributed by atoms with van der Waals surface area (Å²) in [5.74, 6) is -0.529. The number of rotatable bonds is 11. The Morgan fingerprint density at radius 3 is 2.24 bits per heavy atom. The zero-order valence-corrected chi connectivity index (χ0v) is 22.7. The van der Waals surface area contributed by atoms with Crippen LogP contribution >= 0.6 is 11.3 Å². The Morgan fingerprint density at radius 1 is 1.12 bits per heavy atom. The third-order valence-corrected chi connectivity index (χ3v) is 9.81. The first-order valence-electron chi connectivity index (χ1n) is 11.4. The van der Waals surface area contributed by atoms with Crippen molar-refractivity contribution >= 4 is 27.3 Å². The van der Waals surface area contributed by atoms with Gasteiger partial charge in [0.25, 0.3) is 10.0 Å². The fourth-order valence-corrected chi connectivity index (χ4v) is 6.94. The number of carboxylic acids is 1. The Labute approximate surface area is 207 Å². The summed E-state index contributed by atoms with van der Waals surface area (Å²) in [6.45, 7) is 13.3. The monoisotopic (exact) mass is 511 g/mol. The number of aryl methyl sites for hydroxylation is 2. The van der Waals surface area contributed by atoms with Gasteiger partial charge in [-0.3, -0.25) is 4.79 Å². The largest absolute Gasteiger partial charge is 0.491 e. The molecule has 2 aromatic rings. The minimum absolute atomic E-state index is 0.142. The number of sulfonamides is 1. The molecule has 0 aliphatic heterocycles. The SMILES string of the molecule is CCC(CC)(c1ccc(OCC(O)C(C)(C)C)c(C)c1)c1cc(C)c(S(=O)(=O)NCC(=O)O)s1. The van der Waals surface area contributed by atoms with Gasteiger partial charge in [-0.15, -0.1) is 11.3 Å². The lowest BCUT2D eigenvalue weighted by molar-refractivity contribution is -0.135. The fourth-order valence-electron chi connectivity index (χ4n) is 3.87. The topological polar surface area (TPSA) is 113 Å². The van der Waals surface area contributed by atoms with Crippen molar-refractivity contribution in [2.24, 2.45) is 5.41 Å². The number of carbonyl (C=O) groups is 1. The summed E-state index contributed by atoms with van der Waals surface area (Å²) < 4.78 is 33.6. The first-order chi connectivity index (χ1) is 15.7. The number of benzene rings is 1. The quantitative estimate of drug-likeness (QED) is 0.406. The van der Waals surface area contributed by atoms with Crippen molar-refractivity contribution in [3.63, 3.8) is 0 Å². The second-order valence-corrected chi connectivity index (χ2v) is 12.8. The van der Waals surface area contributed by atoms with Gasteiger partial charge in [0, 0.05) is 10.3 Å². The maximum absolute atomic E-state index is 12.7. The molecule has 3 N–H and O–H groups in total. The zero-order valence-electron chi connectivity index (χ0n) is 21.1. The van der Waals surface area contributed by atoms with Crippen LogP contribution < -0.4 is 9.46 Å². The maximum Gasteiger partial charge on any atom is 0.318 e. The highest BCUT2D eigenvalue weighted by atomic mass is 32.2. The van der Waals surface area contributed by atoms with Crippen molar-refractivity contribution in [3.05, 3.63) is 45.8 Å². The van der Waals surface area contributed by atoms with Gasteiger partial charge in [-0.05, 0) is 60.9 Å². The number of carboxylic acid groups (broad SMARTS) is 1. The molecule has 0 amide bonds. The molecular weight excluding hydrogens is 474 g/mol. The standard InChI is InChI=1S/C25H37NO6S2/c1-8-25(9-2,21-13-17(4)23(33-21)34(30,31)26-14-22(28)29)18-10-11-19(16(3)12-18)32-15-20(27)24(5,6)7/h10-13,20,26-27H,8-9,14-15H2,1-7H3,(H,28,29). The number of aliphatic carboxylic acids is 1. The molecule has 0 aliphatic carbocycles. The van der Waals surface area contributed by atoms with Gasteiger partial charge in [-0.1, -0.05) is 46.8 Å². The number of ether oxygens (including phenoxy) is 1. The second kappa shape index (κ2) is 10.8. The number of thiophene rings is 1. The summed E-state index contributed by atoms with van der Waals surface area (Å²) >= 11 is 1.19. The van der Waals surface area contributed by atoms with Crippen LogP contribution in [0.15, 0.2) is 28.5 Å². The molecule has 1 aromatic heterocycles. The van der Waals surface area contributed by atoms with Gasteiger partial charge in [0.15, 0.2) is 0 Å². The van der Waals surface area contributed by atoms with Gasteiger partial charge in [0.05, 0.1) is 6.10 Å². The van der Waals surface area contributed by atoms with Gasteiger partial charge in [0.1, 0.15) is 23.1 Å². The average Bonchev–Trinajstić information content (AvgIpc) is 3.15. The van der Waals surface area contributed by atoms with Crippen LogP contribution in [-0.2, 0) is 20.2 Å². The zero-order chi connectivity index (χ0) is 25.9. The molecule has 1 atom stereocenters. The van der Waals surface area contributed by atoms with Crippen LogP contribution in [0.4, 0.5) is 0 Å². The van der Waals surface area contributed by atoms with Crippen LogP contribution in [0.1, 0.15) is 69.0 Å². The van der Waals surface area contributed by atoms with Crippen LogP contribution in [0.5, 0.6) is 5.75 Å². The molecule has 0 saturated carbocycles. The van der Waals surface area contributed by atoms with E-state index < -0.39 is 34.1 Å². The molecule has 2 rings (SSSR count). The molecule has 9 heteroatoms. The van der Waals surface area contributed by atoms with E-state index in [2.05, 4.69) is 24.6 Å². The normalized spacial score (nSPS) is 13.6. The molecule has 0 radical (unpaired) electrons. The lowest BCUT2D eigenvalue weighted by Gasteiger charge is -2.32. The molecule has 0 bridgehead atoms. The lowest BCUT2D eigenvalue weighted by atomic mass is 9.74. The van der Waals surface area contributed by atoms with E-state index in [1.165, 1.54) is 11.3 Å². The summed E-state index contributed by atoms with van der Waals surface area (Å²) in [5, 5.41) is 19.2. The molecular formula is C25H37NO6S2. The van der Waals surface area contributed by atoms with Gasteiger partial charge < -0.3 is 14.9 Å². The number of nitrogens with one attached hydrogen (secondary N) is 1. The Kier molecular flexibility index (Phi) is 8.96. The Bertz CT molecular complexity index is 1110. The van der Waals surface area contributed by atoms with Gasteiger partial charge >= 0.3 is 5.97 Å². The van der Waals surface area contributed by atoms with Crippen LogP contribution in [0.2, 0.25) is 0 Å². The van der Waals surface area contributed by atoms with Crippen LogP contribution in [0.25, 0.3) is 0 Å². The average molecular weight is 512 g/mol. The van der Waals surface area contributed by atoms with Gasteiger partial charge in [-0.25, -0.2) is 8.42 Å². The Balaban J connectivity index is 2.42. The van der Waals surface area contributed by atoms with Crippen molar-refractivity contribution in [2.75, 3.05) is 13.2 Å². The molecule has 0 fully saturated rings. The maximum atomic E-state index is 12.7. The minimum atomic E-state index is -3.92. The van der Waals surface area contributed by atoms with Crippen LogP contribution in [-0.4, -0.2) is 43.9 Å². The van der Waals surface area contributed by atoms with Crippen molar-refractivity contribution in [2.45, 2.75) is 77.0 Å². The van der Waals surface area contributed by atoms with E-state index in [-0.39, 0.29) is 16.2 Å². The first kappa shape index (κ1) is 28.3. The molecule has 34 heavy (non-hydrogen) atoms. The smallest absolute Gasteiger partial charge is 0.318 e. The molecule has 1 heterocycles. The number of hydrogen-bond donors (Lipinski definition) is 3. The molecule has 1 aromatic carbocycles. The van der Waals surface area contributed by atoms with Gasteiger partial charge in [-0.2, -0.15) is 4.72 Å². The van der Waals surface area contributed by atoms with E-state index in [1.807, 2.05) is 45.9 Å². The van der Waals surface area contributed by atoms with Crippen LogP contribution in [0, 0.1) is 19.3 Å². The van der Waals surface area contributed by atoms with E-state index in [0.29, 0.717) is 11.3 Å². The Morgan fingerprint density at radius 2 is 1.74 bits per heavy atom. The van der Waals surface area contributed by atoms with E-state index in [0.717, 1.165) is 28.8 Å². The van der Waals surface area contributed by atoms with Crippen molar-refractivity contribution in [1.82, 2.24) is 4.72 Å². The third kappa shape index (κ3) is 6.19. The Hall–Kier alpha value is -1.94. The summed E-state index contributed by atoms with van der Waals surface area (Å²) in [6.07, 6.45) is 0.919. The summed E-state index contributed by atoms with van der Waals surface area (Å²) in [4.78, 5) is 11.8. The predicted octanol–water partition coefficient (Wildman–Crippen LogP) is 4.62. The lowest BCUT2D eigenvalue weighted by Crippen LogP contribution is -2.32. The molecule has 1 unspecified atom stereocenters. The number of aliphatic hydroxyl groups excluding tert-OH is 1. The highest BCUT2D eigenvalue weighted by Crippen LogP contribution is 2.45. The molecule has 190 valence electrons. The summed E-state index contributed by atoms with van der Waals surface area (Å²) in [6, 6.07) is 7.88. The van der Waals surface area contributed by atoms with Crippen molar-refractivity contribution in [3.8, 4) is 5.75 Å². The van der Waals surface area contributed by atoms with E-state index in [4.69, 9.17) is 9.84 Å². The molecule has 0 aliphatic rings. The van der Waals surface area contributed by atoms with Crippen molar-refractivity contribution < 1.29 is 28.2 Å². The van der Waals surface area contributed by atoms with E-state index in [9.17, 15) is 18.3 Å². The molecule has 0 saturated heterocycles. The summed E-state index contributed by atoms with van der Waals surface area (Å²) in [7, 11) is -3.92. The highest BCUT2D eigenvalue weighted by molar-refractivity contribution is 7.91. The minimum Gasteiger partial charge on any atom is -0.491 e. The summed E-state index contributed by atoms with van der Waals surface area (Å²) in [5.41, 5.74) is 1.92. The number of aliphatic hydroxyl groups is 1. The number of hydrogen-bond acceptors (Lipinski definition) is 6. The van der Waals surface area contributed by atoms with Crippen LogP contribution in [0.3, 0.4) is 0 Å². The third-order valence-electron chi connectivity index (χ3n) is 6.33. The van der Waals surface area contributed by atoms with E-state index >= 15 is 0 Å². The second-order valence-electron chi connectivity index (χ2n) is 9.76. The highest BCUT2D eigenvalue weighted by Gasteiger charge is 2.35. The first-order valence-corrected chi connectivity index (χ1v) is 13.7. The van der Waals surface area contributed by atoms with Crippen molar-refractivity contribution in [1.29, 1.82) is 0 Å². The molecule has 0 spiro atoms. The fraction of sp³-hybridized carbons (Fsp3) is 0.560. The van der Waals surface area contributed by atoms with E-state index in [1.54, 1.807) is 6.92 Å².